The largest absolute Gasteiger partial charge is 0.394 e. The Morgan fingerprint density at radius 3 is 2.35 bits per heavy atom. The molecule has 3 aliphatic carbocycles. The number of hydrogen-bond acceptors (Lipinski definition) is 4. The molecule has 23 heavy (non-hydrogen) atoms. The summed E-state index contributed by atoms with van der Waals surface area (Å²) in [6.07, 6.45) is -1.69. The van der Waals surface area contributed by atoms with Crippen molar-refractivity contribution in [2.24, 2.45) is 10.8 Å². The minimum absolute atomic E-state index is 0.0404. The normalized spacial score (nSPS) is 30.2. The Morgan fingerprint density at radius 2 is 1.83 bits per heavy atom. The molecule has 3 aliphatic rings. The van der Waals surface area contributed by atoms with Crippen LogP contribution in [0.25, 0.3) is 0 Å². The van der Waals surface area contributed by atoms with Crippen LogP contribution >= 0.6 is 0 Å². The van der Waals surface area contributed by atoms with Gasteiger partial charge in [-0.1, -0.05) is 0 Å². The number of amides is 1. The lowest BCUT2D eigenvalue weighted by molar-refractivity contribution is -0.258. The third kappa shape index (κ3) is 2.74. The van der Waals surface area contributed by atoms with Crippen molar-refractivity contribution in [2.45, 2.75) is 51.2 Å². The molecule has 0 aliphatic heterocycles. The van der Waals surface area contributed by atoms with Gasteiger partial charge in [0.15, 0.2) is 0 Å². The Bertz CT molecular complexity index is 592. The monoisotopic (exact) mass is 328 g/mol. The van der Waals surface area contributed by atoms with Crippen LogP contribution in [0.1, 0.15) is 44.3 Å². The molecule has 1 aromatic heterocycles. The summed E-state index contributed by atoms with van der Waals surface area (Å²) < 4.78 is 39.7. The van der Waals surface area contributed by atoms with Gasteiger partial charge in [0.05, 0.1) is 12.0 Å². The Kier molecular flexibility index (Phi) is 3.72. The summed E-state index contributed by atoms with van der Waals surface area (Å²) in [5.74, 6) is 0.512. The second-order valence-electron chi connectivity index (χ2n) is 6.64. The van der Waals surface area contributed by atoms with E-state index in [0.717, 1.165) is 0 Å². The first-order chi connectivity index (χ1) is 10.8. The Labute approximate surface area is 131 Å². The first-order valence-corrected chi connectivity index (χ1v) is 7.69. The number of nitrogens with two attached hydrogens (primary N) is 1. The number of fused-ring (bicyclic) bond motifs is 3. The SMILES string of the molecule is Nc1ccnc(CNC(=O)C23CCC(C(F)(F)F)(CC2)CC3)n1. The summed E-state index contributed by atoms with van der Waals surface area (Å²) in [5, 5.41) is 2.76. The number of alkyl halides is 3. The van der Waals surface area contributed by atoms with E-state index < -0.39 is 17.0 Å². The number of aromatic nitrogens is 2. The molecule has 3 saturated carbocycles. The van der Waals surface area contributed by atoms with Gasteiger partial charge in [-0.2, -0.15) is 13.2 Å². The lowest BCUT2D eigenvalue weighted by Crippen LogP contribution is -2.54. The minimum Gasteiger partial charge on any atom is -0.384 e. The van der Waals surface area contributed by atoms with Crippen molar-refractivity contribution in [2.75, 3.05) is 5.73 Å². The van der Waals surface area contributed by atoms with Gasteiger partial charge in [0.25, 0.3) is 0 Å². The van der Waals surface area contributed by atoms with Gasteiger partial charge >= 0.3 is 6.18 Å². The van der Waals surface area contributed by atoms with Gasteiger partial charge < -0.3 is 11.1 Å². The Morgan fingerprint density at radius 1 is 1.22 bits per heavy atom. The maximum atomic E-state index is 13.2. The van der Waals surface area contributed by atoms with Crippen LogP contribution in [0.15, 0.2) is 12.3 Å². The zero-order chi connectivity index (χ0) is 16.7. The molecule has 126 valence electrons. The highest BCUT2D eigenvalue weighted by Crippen LogP contribution is 2.62. The molecule has 3 fully saturated rings. The molecule has 0 spiro atoms. The zero-order valence-corrected chi connectivity index (χ0v) is 12.6. The van der Waals surface area contributed by atoms with Crippen LogP contribution in [0.2, 0.25) is 0 Å². The third-order valence-electron chi connectivity index (χ3n) is 5.46. The van der Waals surface area contributed by atoms with Crippen molar-refractivity contribution in [3.63, 3.8) is 0 Å². The second-order valence-corrected chi connectivity index (χ2v) is 6.64. The smallest absolute Gasteiger partial charge is 0.384 e. The van der Waals surface area contributed by atoms with Crippen molar-refractivity contribution in [1.29, 1.82) is 0 Å². The minimum atomic E-state index is -4.18. The lowest BCUT2D eigenvalue weighted by atomic mass is 9.53. The molecule has 0 atom stereocenters. The number of nitrogens with one attached hydrogen (secondary N) is 1. The number of nitrogens with zero attached hydrogens (tertiary/aromatic N) is 2. The topological polar surface area (TPSA) is 80.9 Å². The highest BCUT2D eigenvalue weighted by atomic mass is 19.4. The summed E-state index contributed by atoms with van der Waals surface area (Å²) >= 11 is 0. The molecule has 0 aromatic carbocycles. The molecule has 0 unspecified atom stereocenters. The number of halogens is 3. The number of nitrogen functional groups attached to an aromatic ring is 1. The number of anilines is 1. The third-order valence-corrected chi connectivity index (χ3v) is 5.46. The highest BCUT2D eigenvalue weighted by Gasteiger charge is 2.62. The van der Waals surface area contributed by atoms with E-state index in [1.54, 1.807) is 6.07 Å². The predicted octanol–water partition coefficient (Wildman–Crippen LogP) is 2.58. The summed E-state index contributed by atoms with van der Waals surface area (Å²) in [7, 11) is 0. The number of carbonyl (C=O) groups is 1. The van der Waals surface area contributed by atoms with Crippen LogP contribution in [0.4, 0.5) is 19.0 Å². The predicted molar refractivity (Wildman–Crippen MR) is 76.9 cm³/mol. The molecular weight excluding hydrogens is 309 g/mol. The van der Waals surface area contributed by atoms with Gasteiger partial charge in [0, 0.05) is 11.6 Å². The van der Waals surface area contributed by atoms with E-state index in [4.69, 9.17) is 5.73 Å². The summed E-state index contributed by atoms with van der Waals surface area (Å²) in [5.41, 5.74) is 3.30. The van der Waals surface area contributed by atoms with Crippen LogP contribution in [0.3, 0.4) is 0 Å². The van der Waals surface area contributed by atoms with E-state index in [-0.39, 0.29) is 51.0 Å². The molecule has 0 radical (unpaired) electrons. The maximum absolute atomic E-state index is 13.2. The molecule has 1 aromatic rings. The number of carbonyl (C=O) groups excluding carboxylic acids is 1. The fourth-order valence-electron chi connectivity index (χ4n) is 3.80. The van der Waals surface area contributed by atoms with Crippen LogP contribution in [0, 0.1) is 10.8 Å². The summed E-state index contributed by atoms with van der Waals surface area (Å²) in [6.45, 7) is 0.135. The number of rotatable bonds is 3. The summed E-state index contributed by atoms with van der Waals surface area (Å²) in [6, 6.07) is 1.54. The summed E-state index contributed by atoms with van der Waals surface area (Å²) in [4.78, 5) is 20.5. The standard InChI is InChI=1S/C15H19F3N4O/c16-15(17,18)14-5-2-13(3-6-14,4-7-14)12(23)21-9-11-20-8-1-10(19)22-11/h1,8H,2-7,9H2,(H,21,23)(H2,19,20,22). The Balaban J connectivity index is 1.64. The zero-order valence-electron chi connectivity index (χ0n) is 12.6. The Hall–Kier alpha value is -1.86. The second kappa shape index (κ2) is 5.35. The molecule has 1 amide bonds. The van der Waals surface area contributed by atoms with Gasteiger partial charge in [-0.3, -0.25) is 4.79 Å². The van der Waals surface area contributed by atoms with Gasteiger partial charge in [-0.15, -0.1) is 0 Å². The van der Waals surface area contributed by atoms with Crippen LogP contribution in [0.5, 0.6) is 0 Å². The fraction of sp³-hybridized carbons (Fsp3) is 0.667. The number of hydrogen-bond donors (Lipinski definition) is 2. The van der Waals surface area contributed by atoms with Crippen LogP contribution < -0.4 is 11.1 Å². The maximum Gasteiger partial charge on any atom is 0.394 e. The van der Waals surface area contributed by atoms with Crippen molar-refractivity contribution < 1.29 is 18.0 Å². The first kappa shape index (κ1) is 16.0. The van der Waals surface area contributed by atoms with E-state index in [1.807, 2.05) is 0 Å². The van der Waals surface area contributed by atoms with Gasteiger partial charge in [0.1, 0.15) is 11.6 Å². The van der Waals surface area contributed by atoms with E-state index >= 15 is 0 Å². The van der Waals surface area contributed by atoms with Crippen LogP contribution in [-0.2, 0) is 11.3 Å². The van der Waals surface area contributed by atoms with E-state index in [0.29, 0.717) is 11.6 Å². The van der Waals surface area contributed by atoms with Crippen molar-refractivity contribution >= 4 is 11.7 Å². The average molecular weight is 328 g/mol. The molecule has 5 nitrogen and oxygen atoms in total. The highest BCUT2D eigenvalue weighted by molar-refractivity contribution is 5.83. The van der Waals surface area contributed by atoms with E-state index in [9.17, 15) is 18.0 Å². The quantitative estimate of drug-likeness (QED) is 0.893. The van der Waals surface area contributed by atoms with Gasteiger partial charge in [-0.25, -0.2) is 9.97 Å². The molecule has 8 heteroatoms. The molecule has 1 heterocycles. The van der Waals surface area contributed by atoms with Gasteiger partial charge in [0.2, 0.25) is 5.91 Å². The fourth-order valence-corrected chi connectivity index (χ4v) is 3.80. The van der Waals surface area contributed by atoms with E-state index in [2.05, 4.69) is 15.3 Å². The molecule has 2 bridgehead atoms. The molecule has 3 N–H and O–H groups in total. The molecule has 0 saturated heterocycles. The van der Waals surface area contributed by atoms with Crippen molar-refractivity contribution in [1.82, 2.24) is 15.3 Å². The average Bonchev–Trinajstić information content (AvgIpc) is 2.53. The lowest BCUT2D eigenvalue weighted by Gasteiger charge is -2.52. The van der Waals surface area contributed by atoms with Gasteiger partial charge in [-0.05, 0) is 44.6 Å². The molecular formula is C15H19F3N4O. The molecule has 4 rings (SSSR count). The van der Waals surface area contributed by atoms with Crippen molar-refractivity contribution in [3.05, 3.63) is 18.1 Å². The van der Waals surface area contributed by atoms with Crippen LogP contribution in [-0.4, -0.2) is 22.1 Å². The van der Waals surface area contributed by atoms with E-state index in [1.165, 1.54) is 6.20 Å². The van der Waals surface area contributed by atoms with Crippen molar-refractivity contribution in [3.8, 4) is 0 Å². The first-order valence-electron chi connectivity index (χ1n) is 7.69.